The van der Waals surface area contributed by atoms with Crippen molar-refractivity contribution in [3.8, 4) is 0 Å². The minimum Gasteiger partial charge on any atom is -0.377 e. The van der Waals surface area contributed by atoms with Gasteiger partial charge in [0.1, 0.15) is 0 Å². The molecule has 0 saturated carbocycles. The zero-order valence-corrected chi connectivity index (χ0v) is 10.9. The zero-order valence-electron chi connectivity index (χ0n) is 10.9. The quantitative estimate of drug-likeness (QED) is 0.573. The van der Waals surface area contributed by atoms with Gasteiger partial charge in [0.15, 0.2) is 0 Å². The minimum absolute atomic E-state index is 0.936. The molecule has 0 atom stereocenters. The minimum atomic E-state index is 0.936. The van der Waals surface area contributed by atoms with E-state index in [9.17, 15) is 0 Å². The lowest BCUT2D eigenvalue weighted by atomic mass is 10.3. The second-order valence-electron chi connectivity index (χ2n) is 3.96. The van der Waals surface area contributed by atoms with Crippen molar-refractivity contribution in [2.75, 3.05) is 13.6 Å². The summed E-state index contributed by atoms with van der Waals surface area (Å²) in [4.78, 5) is 2.14. The van der Waals surface area contributed by atoms with Crippen LogP contribution in [0.3, 0.4) is 0 Å². The number of rotatable bonds is 0. The standard InChI is InChI=1S/C17H21N/c1-18-16-14-12-10-8-6-4-2-3-5-7-9-11-13-15-17-18/h2-10,12-16H,11,17H2,1H3/b4-2+,5-3+,8-6-,9-7-,12-10-,15-13+,16-14+. The third-order valence-electron chi connectivity index (χ3n) is 2.31. The predicted octanol–water partition coefficient (Wildman–Crippen LogP) is 4.17. The van der Waals surface area contributed by atoms with E-state index in [1.54, 1.807) is 0 Å². The summed E-state index contributed by atoms with van der Waals surface area (Å²) < 4.78 is 0. The highest BCUT2D eigenvalue weighted by Crippen LogP contribution is 1.92. The molecule has 0 aromatic heterocycles. The lowest BCUT2D eigenvalue weighted by Gasteiger charge is -2.09. The number of allylic oxidation sites excluding steroid dienone is 12. The summed E-state index contributed by atoms with van der Waals surface area (Å²) >= 11 is 0. The second-order valence-corrected chi connectivity index (χ2v) is 3.96. The van der Waals surface area contributed by atoms with E-state index in [0.29, 0.717) is 0 Å². The molecule has 0 aromatic rings. The Bertz CT molecular complexity index is 403. The summed E-state index contributed by atoms with van der Waals surface area (Å²) in [6.45, 7) is 0.936. The van der Waals surface area contributed by atoms with E-state index in [1.807, 2.05) is 54.7 Å². The van der Waals surface area contributed by atoms with Gasteiger partial charge in [-0.3, -0.25) is 0 Å². The topological polar surface area (TPSA) is 3.24 Å². The number of nitrogens with zero attached hydrogens (tertiary/aromatic N) is 1. The van der Waals surface area contributed by atoms with Crippen molar-refractivity contribution >= 4 is 0 Å². The van der Waals surface area contributed by atoms with Gasteiger partial charge in [-0.15, -0.1) is 0 Å². The van der Waals surface area contributed by atoms with Crippen LogP contribution < -0.4 is 0 Å². The number of hydrogen-bond donors (Lipinski definition) is 0. The maximum atomic E-state index is 2.18. The van der Waals surface area contributed by atoms with Crippen LogP contribution in [0.1, 0.15) is 6.42 Å². The number of likely N-dealkylation sites (N-methyl/N-ethyl adjacent to an activating group) is 1. The summed E-state index contributed by atoms with van der Waals surface area (Å²) in [5.74, 6) is 0. The lowest BCUT2D eigenvalue weighted by Crippen LogP contribution is -2.09. The average Bonchev–Trinajstić information content (AvgIpc) is 2.37. The summed E-state index contributed by atoms with van der Waals surface area (Å²) in [7, 11) is 2.07. The smallest absolute Gasteiger partial charge is 0.0350 e. The Kier molecular flexibility index (Phi) is 7.92. The van der Waals surface area contributed by atoms with E-state index in [0.717, 1.165) is 13.0 Å². The van der Waals surface area contributed by atoms with Gasteiger partial charge in [-0.25, -0.2) is 0 Å². The van der Waals surface area contributed by atoms with Crippen LogP contribution in [0.15, 0.2) is 85.2 Å². The van der Waals surface area contributed by atoms with Crippen molar-refractivity contribution in [1.29, 1.82) is 0 Å². The molecule has 0 bridgehead atoms. The first-order chi connectivity index (χ1) is 8.89. The fraction of sp³-hybridized carbons (Fsp3) is 0.176. The van der Waals surface area contributed by atoms with Gasteiger partial charge in [-0.2, -0.15) is 0 Å². The van der Waals surface area contributed by atoms with Gasteiger partial charge in [-0.05, 0) is 18.7 Å². The van der Waals surface area contributed by atoms with Gasteiger partial charge < -0.3 is 4.90 Å². The molecule has 0 unspecified atom stereocenters. The first-order valence-corrected chi connectivity index (χ1v) is 6.25. The van der Waals surface area contributed by atoms with Crippen LogP contribution >= 0.6 is 0 Å². The fourth-order valence-electron chi connectivity index (χ4n) is 1.34. The normalized spacial score (nSPS) is 29.7. The Morgan fingerprint density at radius 3 is 1.83 bits per heavy atom. The van der Waals surface area contributed by atoms with Crippen molar-refractivity contribution in [3.05, 3.63) is 85.2 Å². The Morgan fingerprint density at radius 2 is 1.17 bits per heavy atom. The lowest BCUT2D eigenvalue weighted by molar-refractivity contribution is 0.509. The van der Waals surface area contributed by atoms with Crippen LogP contribution in [-0.4, -0.2) is 18.5 Å². The molecule has 0 amide bonds. The van der Waals surface area contributed by atoms with Crippen molar-refractivity contribution in [3.63, 3.8) is 0 Å². The molecule has 1 aliphatic heterocycles. The molecule has 18 heavy (non-hydrogen) atoms. The van der Waals surface area contributed by atoms with Gasteiger partial charge in [0.2, 0.25) is 0 Å². The average molecular weight is 239 g/mol. The van der Waals surface area contributed by atoms with Crippen molar-refractivity contribution in [2.45, 2.75) is 6.42 Å². The molecule has 1 nitrogen and oxygen atoms in total. The molecule has 0 aromatic carbocycles. The Hall–Kier alpha value is -2.02. The maximum absolute atomic E-state index is 2.18. The highest BCUT2D eigenvalue weighted by Gasteiger charge is 1.83. The highest BCUT2D eigenvalue weighted by molar-refractivity contribution is 5.19. The largest absolute Gasteiger partial charge is 0.377 e. The molecule has 0 spiro atoms. The van der Waals surface area contributed by atoms with Crippen LogP contribution in [-0.2, 0) is 0 Å². The Labute approximate surface area is 111 Å². The first-order valence-electron chi connectivity index (χ1n) is 6.25. The summed E-state index contributed by atoms with van der Waals surface area (Å²) in [6, 6.07) is 0. The van der Waals surface area contributed by atoms with Crippen molar-refractivity contribution < 1.29 is 0 Å². The van der Waals surface area contributed by atoms with E-state index in [4.69, 9.17) is 0 Å². The van der Waals surface area contributed by atoms with E-state index in [2.05, 4.69) is 42.5 Å². The molecular weight excluding hydrogens is 218 g/mol. The van der Waals surface area contributed by atoms with Crippen LogP contribution in [0.2, 0.25) is 0 Å². The maximum Gasteiger partial charge on any atom is 0.0350 e. The molecule has 1 rings (SSSR count). The fourth-order valence-corrected chi connectivity index (χ4v) is 1.34. The molecule has 0 saturated heterocycles. The summed E-state index contributed by atoms with van der Waals surface area (Å²) in [5, 5.41) is 0. The Balaban J connectivity index is 2.62. The molecule has 1 aliphatic rings. The summed E-state index contributed by atoms with van der Waals surface area (Å²) in [5.41, 5.74) is 0. The van der Waals surface area contributed by atoms with Gasteiger partial charge in [0, 0.05) is 13.6 Å². The van der Waals surface area contributed by atoms with Crippen molar-refractivity contribution in [1.82, 2.24) is 4.90 Å². The van der Waals surface area contributed by atoms with Gasteiger partial charge >= 0.3 is 0 Å². The molecule has 94 valence electrons. The molecule has 1 heterocycles. The van der Waals surface area contributed by atoms with Crippen LogP contribution in [0.5, 0.6) is 0 Å². The highest BCUT2D eigenvalue weighted by atomic mass is 15.1. The van der Waals surface area contributed by atoms with Gasteiger partial charge in [0.25, 0.3) is 0 Å². The SMILES string of the molecule is CN1/C=C/C=C\C=C/C=C/C=C/C=C\C/C=C/C1. The Morgan fingerprint density at radius 1 is 0.611 bits per heavy atom. The van der Waals surface area contributed by atoms with Crippen LogP contribution in [0.25, 0.3) is 0 Å². The zero-order chi connectivity index (χ0) is 12.9. The molecule has 0 N–H and O–H groups in total. The third-order valence-corrected chi connectivity index (χ3v) is 2.31. The molecular formula is C17H21N. The monoisotopic (exact) mass is 239 g/mol. The van der Waals surface area contributed by atoms with E-state index < -0.39 is 0 Å². The molecule has 0 fully saturated rings. The van der Waals surface area contributed by atoms with Gasteiger partial charge in [0.05, 0.1) is 0 Å². The molecule has 1 heteroatoms. The summed E-state index contributed by atoms with van der Waals surface area (Å²) in [6.07, 6.45) is 29.8. The second kappa shape index (κ2) is 10.2. The predicted molar refractivity (Wildman–Crippen MR) is 81.2 cm³/mol. The molecule has 0 aliphatic carbocycles. The van der Waals surface area contributed by atoms with Crippen molar-refractivity contribution in [2.24, 2.45) is 0 Å². The third kappa shape index (κ3) is 8.17. The van der Waals surface area contributed by atoms with E-state index >= 15 is 0 Å². The van der Waals surface area contributed by atoms with Crippen LogP contribution in [0, 0.1) is 0 Å². The van der Waals surface area contributed by atoms with E-state index in [1.165, 1.54) is 0 Å². The molecule has 0 radical (unpaired) electrons. The first kappa shape index (κ1) is 14.0. The van der Waals surface area contributed by atoms with Gasteiger partial charge in [-0.1, -0.05) is 72.9 Å². The van der Waals surface area contributed by atoms with Crippen LogP contribution in [0.4, 0.5) is 0 Å². The van der Waals surface area contributed by atoms with E-state index in [-0.39, 0.29) is 0 Å². The number of hydrogen-bond acceptors (Lipinski definition) is 1.